The fourth-order valence-corrected chi connectivity index (χ4v) is 5.65. The molecule has 3 aromatic heterocycles. The largest absolute Gasteiger partial charge is 0.354 e. The Bertz CT molecular complexity index is 1480. The summed E-state index contributed by atoms with van der Waals surface area (Å²) < 4.78 is 30.0. The maximum Gasteiger partial charge on any atom is 0.130 e. The molecule has 1 atom stereocenters. The van der Waals surface area contributed by atoms with Crippen molar-refractivity contribution in [2.45, 2.75) is 18.9 Å². The lowest BCUT2D eigenvalue weighted by Gasteiger charge is -2.35. The van der Waals surface area contributed by atoms with Gasteiger partial charge in [-0.1, -0.05) is 6.07 Å². The molecule has 38 heavy (non-hydrogen) atoms. The van der Waals surface area contributed by atoms with Gasteiger partial charge in [0.2, 0.25) is 0 Å². The van der Waals surface area contributed by atoms with Gasteiger partial charge in [-0.15, -0.1) is 0 Å². The van der Waals surface area contributed by atoms with Gasteiger partial charge in [0.05, 0.1) is 17.3 Å². The Hall–Kier alpha value is -3.87. The number of pyridine rings is 2. The standard InChI is InChI=1S/C29H29F2N7/c1-35-8-7-21(17-35)22-13-24(29-23(14-32)16-34-38(29)18-22)20-5-6-28(33-15-20)37-11-9-36(10-12-37)19-25-26(30)3-2-4-27(25)31/h2-6,13,15-16,18,21H,7-12,17,19H2,1H3. The average Bonchev–Trinajstić information content (AvgIpc) is 3.57. The van der Waals surface area contributed by atoms with Gasteiger partial charge >= 0.3 is 0 Å². The van der Waals surface area contributed by atoms with Crippen LogP contribution in [0.2, 0.25) is 0 Å². The van der Waals surface area contributed by atoms with Gasteiger partial charge in [0.25, 0.3) is 0 Å². The van der Waals surface area contributed by atoms with Crippen molar-refractivity contribution in [2.24, 2.45) is 0 Å². The van der Waals surface area contributed by atoms with Crippen molar-refractivity contribution in [1.82, 2.24) is 24.4 Å². The summed E-state index contributed by atoms with van der Waals surface area (Å²) >= 11 is 0. The zero-order chi connectivity index (χ0) is 26.2. The van der Waals surface area contributed by atoms with Crippen LogP contribution in [0, 0.1) is 23.0 Å². The van der Waals surface area contributed by atoms with E-state index in [1.54, 1.807) is 6.20 Å². The molecule has 2 aliphatic rings. The smallest absolute Gasteiger partial charge is 0.130 e. The van der Waals surface area contributed by atoms with Crippen molar-refractivity contribution in [2.75, 3.05) is 51.2 Å². The number of halogens is 2. The minimum Gasteiger partial charge on any atom is -0.354 e. The molecule has 2 aliphatic heterocycles. The van der Waals surface area contributed by atoms with Crippen LogP contribution in [0.25, 0.3) is 16.6 Å². The highest BCUT2D eigenvalue weighted by atomic mass is 19.1. The number of hydrogen-bond donors (Lipinski definition) is 0. The van der Waals surface area contributed by atoms with E-state index in [1.165, 1.54) is 23.8 Å². The molecule has 2 fully saturated rings. The van der Waals surface area contributed by atoms with E-state index in [2.05, 4.69) is 51.2 Å². The number of benzene rings is 1. The fraction of sp³-hybridized carbons (Fsp3) is 0.345. The number of fused-ring (bicyclic) bond motifs is 1. The van der Waals surface area contributed by atoms with Crippen LogP contribution in [0.3, 0.4) is 0 Å². The van der Waals surface area contributed by atoms with Gasteiger partial charge in [0.1, 0.15) is 23.5 Å². The molecular weight excluding hydrogens is 484 g/mol. The summed E-state index contributed by atoms with van der Waals surface area (Å²) in [5, 5.41) is 14.2. The van der Waals surface area contributed by atoms with Crippen LogP contribution in [0.4, 0.5) is 14.6 Å². The van der Waals surface area contributed by atoms with Gasteiger partial charge in [-0.3, -0.25) is 4.90 Å². The lowest BCUT2D eigenvalue weighted by molar-refractivity contribution is 0.242. The van der Waals surface area contributed by atoms with E-state index >= 15 is 0 Å². The topological polar surface area (TPSA) is 63.7 Å². The molecular formula is C29H29F2N7. The fourth-order valence-electron chi connectivity index (χ4n) is 5.65. The molecule has 0 radical (unpaired) electrons. The van der Waals surface area contributed by atoms with Crippen LogP contribution in [0.5, 0.6) is 0 Å². The van der Waals surface area contributed by atoms with Crippen LogP contribution >= 0.6 is 0 Å². The highest BCUT2D eigenvalue weighted by Gasteiger charge is 2.24. The van der Waals surface area contributed by atoms with Gasteiger partial charge in [-0.25, -0.2) is 18.3 Å². The SMILES string of the molecule is CN1CCC(c2cc(-c3ccc(N4CCN(Cc5c(F)cccc5F)CC4)nc3)c3c(C#N)cnn3c2)C1. The van der Waals surface area contributed by atoms with Gasteiger partial charge in [-0.2, -0.15) is 10.4 Å². The molecule has 0 bridgehead atoms. The molecule has 1 aromatic carbocycles. The predicted molar refractivity (Wildman–Crippen MR) is 142 cm³/mol. The first-order chi connectivity index (χ1) is 18.5. The highest BCUT2D eigenvalue weighted by molar-refractivity contribution is 5.84. The molecule has 0 amide bonds. The van der Waals surface area contributed by atoms with Crippen molar-refractivity contribution in [3.63, 3.8) is 0 Å². The first-order valence-corrected chi connectivity index (χ1v) is 13.0. The first-order valence-electron chi connectivity index (χ1n) is 13.0. The second-order valence-corrected chi connectivity index (χ2v) is 10.3. The first kappa shape index (κ1) is 24.5. The molecule has 5 heterocycles. The summed E-state index contributed by atoms with van der Waals surface area (Å²) in [6, 6.07) is 12.5. The van der Waals surface area contributed by atoms with E-state index in [9.17, 15) is 14.0 Å². The number of piperazine rings is 1. The van der Waals surface area contributed by atoms with E-state index in [1.807, 2.05) is 16.8 Å². The van der Waals surface area contributed by atoms with Gasteiger partial charge in [0.15, 0.2) is 0 Å². The minimum atomic E-state index is -0.499. The number of hydrogen-bond acceptors (Lipinski definition) is 6. The summed E-state index contributed by atoms with van der Waals surface area (Å²) in [6.45, 7) is 5.16. The normalized spacial score (nSPS) is 18.8. The second kappa shape index (κ2) is 10.1. The molecule has 7 nitrogen and oxygen atoms in total. The van der Waals surface area contributed by atoms with Crippen molar-refractivity contribution in [3.8, 4) is 17.2 Å². The molecule has 6 rings (SSSR count). The van der Waals surface area contributed by atoms with Crippen LogP contribution in [-0.2, 0) is 6.54 Å². The number of likely N-dealkylation sites (tertiary alicyclic amines) is 1. The Morgan fingerprint density at radius 1 is 1.03 bits per heavy atom. The second-order valence-electron chi connectivity index (χ2n) is 10.3. The van der Waals surface area contributed by atoms with Gasteiger partial charge in [0, 0.05) is 68.4 Å². The Kier molecular flexibility index (Phi) is 6.52. The highest BCUT2D eigenvalue weighted by Crippen LogP contribution is 2.34. The van der Waals surface area contributed by atoms with E-state index < -0.39 is 11.6 Å². The van der Waals surface area contributed by atoms with Crippen molar-refractivity contribution < 1.29 is 8.78 Å². The maximum atomic E-state index is 14.1. The lowest BCUT2D eigenvalue weighted by atomic mass is 9.95. The van der Waals surface area contributed by atoms with Gasteiger partial charge < -0.3 is 9.80 Å². The Labute approximate surface area is 220 Å². The lowest BCUT2D eigenvalue weighted by Crippen LogP contribution is -2.46. The molecule has 2 saturated heterocycles. The molecule has 4 aromatic rings. The van der Waals surface area contributed by atoms with Crippen LogP contribution in [0.15, 0.2) is 55.0 Å². The van der Waals surface area contributed by atoms with E-state index in [0.29, 0.717) is 24.6 Å². The van der Waals surface area contributed by atoms with Crippen molar-refractivity contribution >= 4 is 11.3 Å². The molecule has 194 valence electrons. The maximum absolute atomic E-state index is 14.1. The summed E-state index contributed by atoms with van der Waals surface area (Å²) in [7, 11) is 2.14. The monoisotopic (exact) mass is 513 g/mol. The molecule has 0 saturated carbocycles. The van der Waals surface area contributed by atoms with Crippen LogP contribution in [0.1, 0.15) is 29.0 Å². The Morgan fingerprint density at radius 2 is 1.82 bits per heavy atom. The number of nitrogens with zero attached hydrogens (tertiary/aromatic N) is 7. The third-order valence-corrected chi connectivity index (χ3v) is 7.81. The number of aromatic nitrogens is 3. The van der Waals surface area contributed by atoms with E-state index in [-0.39, 0.29) is 12.1 Å². The summed E-state index contributed by atoms with van der Waals surface area (Å²) in [6.07, 6.45) is 6.64. The van der Waals surface area contributed by atoms with Crippen molar-refractivity contribution in [1.29, 1.82) is 5.26 Å². The Morgan fingerprint density at radius 3 is 2.47 bits per heavy atom. The zero-order valence-electron chi connectivity index (χ0n) is 21.3. The molecule has 1 unspecified atom stereocenters. The van der Waals surface area contributed by atoms with Crippen LogP contribution < -0.4 is 4.90 Å². The summed E-state index contributed by atoms with van der Waals surface area (Å²) in [4.78, 5) is 11.4. The third-order valence-electron chi connectivity index (χ3n) is 7.81. The van der Waals surface area contributed by atoms with Crippen LogP contribution in [-0.4, -0.2) is 70.7 Å². The number of anilines is 1. The summed E-state index contributed by atoms with van der Waals surface area (Å²) in [5.74, 6) is 0.296. The predicted octanol–water partition coefficient (Wildman–Crippen LogP) is 4.29. The van der Waals surface area contributed by atoms with E-state index in [4.69, 9.17) is 4.98 Å². The summed E-state index contributed by atoms with van der Waals surface area (Å²) in [5.41, 5.74) is 4.58. The molecule has 0 N–H and O–H groups in total. The molecule has 0 aliphatic carbocycles. The minimum absolute atomic E-state index is 0.123. The van der Waals surface area contributed by atoms with Gasteiger partial charge in [-0.05, 0) is 61.8 Å². The van der Waals surface area contributed by atoms with E-state index in [0.717, 1.165) is 55.1 Å². The number of nitriles is 1. The number of likely N-dealkylation sites (N-methyl/N-ethyl adjacent to an activating group) is 1. The third kappa shape index (κ3) is 4.62. The number of rotatable bonds is 5. The molecule has 0 spiro atoms. The van der Waals surface area contributed by atoms with Crippen molar-refractivity contribution in [3.05, 3.63) is 83.3 Å². The average molecular weight is 514 g/mol. The zero-order valence-corrected chi connectivity index (χ0v) is 21.3. The quantitative estimate of drug-likeness (QED) is 0.397. The molecule has 9 heteroatoms. The Balaban J connectivity index is 1.21.